The Balaban J connectivity index is 1.86. The van der Waals surface area contributed by atoms with Crippen LogP contribution in [0.2, 0.25) is 0 Å². The summed E-state index contributed by atoms with van der Waals surface area (Å²) in [6.45, 7) is 0.429. The van der Waals surface area contributed by atoms with E-state index in [2.05, 4.69) is 0 Å². The Hall–Kier alpha value is -2.39. The number of fused-ring (bicyclic) bond motifs is 1. The summed E-state index contributed by atoms with van der Waals surface area (Å²) in [5.74, 6) is 0. The zero-order chi connectivity index (χ0) is 13.9. The summed E-state index contributed by atoms with van der Waals surface area (Å²) in [6, 6.07) is 17.0. The quantitative estimate of drug-likeness (QED) is 0.791. The van der Waals surface area contributed by atoms with Gasteiger partial charge in [0, 0.05) is 24.5 Å². The van der Waals surface area contributed by atoms with Crippen molar-refractivity contribution in [3.8, 4) is 0 Å². The first-order valence-corrected chi connectivity index (χ1v) is 6.55. The number of nitrogens with zero attached hydrogens (tertiary/aromatic N) is 1. The Kier molecular flexibility index (Phi) is 3.35. The smallest absolute Gasteiger partial charge is 0.181 e. The van der Waals surface area contributed by atoms with Crippen molar-refractivity contribution in [3.63, 3.8) is 0 Å². The zero-order valence-electron chi connectivity index (χ0n) is 10.9. The number of hydrogen-bond acceptors (Lipinski definition) is 2. The monoisotopic (exact) mass is 265 g/mol. The van der Waals surface area contributed by atoms with E-state index in [0.29, 0.717) is 6.54 Å². The molecule has 3 nitrogen and oxygen atoms in total. The lowest BCUT2D eigenvalue weighted by Gasteiger charge is -2.14. The van der Waals surface area contributed by atoms with Crippen LogP contribution in [0.15, 0.2) is 71.8 Å². The highest BCUT2D eigenvalue weighted by Gasteiger charge is 2.08. The summed E-state index contributed by atoms with van der Waals surface area (Å²) in [6.07, 6.45) is 2.78. The second kappa shape index (κ2) is 5.31. The van der Waals surface area contributed by atoms with Crippen molar-refractivity contribution in [1.82, 2.24) is 4.57 Å². The predicted octanol–water partition coefficient (Wildman–Crippen LogP) is 2.74. The Bertz CT molecular complexity index is 772. The van der Waals surface area contributed by atoms with Crippen molar-refractivity contribution >= 4 is 10.8 Å². The molecule has 0 aliphatic carbocycles. The average Bonchev–Trinajstić information content (AvgIpc) is 2.49. The molecule has 2 aromatic carbocycles. The van der Waals surface area contributed by atoms with Crippen LogP contribution in [0, 0.1) is 0 Å². The Morgan fingerprint density at radius 1 is 0.950 bits per heavy atom. The highest BCUT2D eigenvalue weighted by atomic mass is 16.3. The molecule has 1 N–H and O–H groups in total. The van der Waals surface area contributed by atoms with Crippen LogP contribution >= 0.6 is 0 Å². The molecule has 1 atom stereocenters. The fraction of sp³-hybridized carbons (Fsp3) is 0.118. The molecule has 1 unspecified atom stereocenters. The zero-order valence-corrected chi connectivity index (χ0v) is 10.9. The molecular weight excluding hydrogens is 250 g/mol. The maximum atomic E-state index is 11.0. The van der Waals surface area contributed by atoms with Crippen molar-refractivity contribution < 1.29 is 5.11 Å². The van der Waals surface area contributed by atoms with Crippen molar-refractivity contribution in [2.75, 3.05) is 0 Å². The Morgan fingerprint density at radius 3 is 2.40 bits per heavy atom. The van der Waals surface area contributed by atoms with Crippen LogP contribution in [0.1, 0.15) is 11.7 Å². The van der Waals surface area contributed by atoms with Crippen LogP contribution in [0.3, 0.4) is 0 Å². The third-order valence-electron chi connectivity index (χ3n) is 3.40. The van der Waals surface area contributed by atoms with Gasteiger partial charge in [-0.25, -0.2) is 0 Å². The van der Waals surface area contributed by atoms with Crippen molar-refractivity contribution in [2.45, 2.75) is 12.6 Å². The number of aliphatic hydroxyl groups excluding tert-OH is 1. The number of pyridine rings is 1. The van der Waals surface area contributed by atoms with E-state index in [1.165, 1.54) is 12.1 Å². The maximum Gasteiger partial charge on any atom is 0.181 e. The van der Waals surface area contributed by atoms with Gasteiger partial charge in [-0.3, -0.25) is 4.79 Å². The standard InChI is InChI=1S/C17H15NO2/c19-16-7-9-18(10-8-16)12-17(20)15-6-5-13-3-1-2-4-14(13)11-15/h1-11,17,20H,12H2. The van der Waals surface area contributed by atoms with Crippen LogP contribution in [0.4, 0.5) is 0 Å². The number of aromatic nitrogens is 1. The molecular formula is C17H15NO2. The van der Waals surface area contributed by atoms with Crippen LogP contribution in [-0.4, -0.2) is 9.67 Å². The fourth-order valence-corrected chi connectivity index (χ4v) is 2.29. The topological polar surface area (TPSA) is 42.2 Å². The molecule has 100 valence electrons. The number of hydrogen-bond donors (Lipinski definition) is 1. The molecule has 0 fully saturated rings. The second-order valence-corrected chi connectivity index (χ2v) is 4.85. The van der Waals surface area contributed by atoms with E-state index in [4.69, 9.17) is 0 Å². The second-order valence-electron chi connectivity index (χ2n) is 4.85. The lowest BCUT2D eigenvalue weighted by atomic mass is 10.0. The van der Waals surface area contributed by atoms with Gasteiger partial charge < -0.3 is 9.67 Å². The van der Waals surface area contributed by atoms with E-state index >= 15 is 0 Å². The third-order valence-corrected chi connectivity index (χ3v) is 3.40. The van der Waals surface area contributed by atoms with E-state index in [-0.39, 0.29) is 5.43 Å². The van der Waals surface area contributed by atoms with Gasteiger partial charge in [-0.1, -0.05) is 36.4 Å². The number of benzene rings is 2. The molecule has 20 heavy (non-hydrogen) atoms. The number of rotatable bonds is 3. The first-order chi connectivity index (χ1) is 9.72. The van der Waals surface area contributed by atoms with E-state index in [9.17, 15) is 9.90 Å². The molecule has 3 rings (SSSR count). The van der Waals surface area contributed by atoms with Gasteiger partial charge in [-0.05, 0) is 22.4 Å². The lowest BCUT2D eigenvalue weighted by molar-refractivity contribution is 0.156. The van der Waals surface area contributed by atoms with Gasteiger partial charge in [0.15, 0.2) is 5.43 Å². The van der Waals surface area contributed by atoms with Crippen LogP contribution in [0.25, 0.3) is 10.8 Å². The molecule has 1 heterocycles. The molecule has 0 bridgehead atoms. The van der Waals surface area contributed by atoms with Crippen molar-refractivity contribution in [2.24, 2.45) is 0 Å². The minimum absolute atomic E-state index is 0.0264. The predicted molar refractivity (Wildman–Crippen MR) is 79.6 cm³/mol. The molecule has 0 saturated carbocycles. The molecule has 0 amide bonds. The Morgan fingerprint density at radius 2 is 1.65 bits per heavy atom. The van der Waals surface area contributed by atoms with Gasteiger partial charge in [0.1, 0.15) is 0 Å². The van der Waals surface area contributed by atoms with Gasteiger partial charge in [0.05, 0.1) is 12.6 Å². The summed E-state index contributed by atoms with van der Waals surface area (Å²) in [4.78, 5) is 11.0. The molecule has 0 spiro atoms. The molecule has 1 aromatic heterocycles. The van der Waals surface area contributed by atoms with E-state index < -0.39 is 6.10 Å². The van der Waals surface area contributed by atoms with Crippen LogP contribution in [0.5, 0.6) is 0 Å². The van der Waals surface area contributed by atoms with Crippen molar-refractivity contribution in [1.29, 1.82) is 0 Å². The van der Waals surface area contributed by atoms with Gasteiger partial charge >= 0.3 is 0 Å². The molecule has 3 aromatic rings. The molecule has 0 aliphatic rings. The number of aliphatic hydroxyl groups is 1. The average molecular weight is 265 g/mol. The summed E-state index contributed by atoms with van der Waals surface area (Å²) in [7, 11) is 0. The normalized spacial score (nSPS) is 12.4. The van der Waals surface area contributed by atoms with Gasteiger partial charge in [-0.2, -0.15) is 0 Å². The molecule has 0 saturated heterocycles. The molecule has 0 radical (unpaired) electrons. The summed E-state index contributed by atoms with van der Waals surface area (Å²) >= 11 is 0. The maximum absolute atomic E-state index is 11.0. The molecule has 0 aliphatic heterocycles. The minimum atomic E-state index is -0.595. The first-order valence-electron chi connectivity index (χ1n) is 6.55. The van der Waals surface area contributed by atoms with E-state index in [1.54, 1.807) is 17.0 Å². The summed E-state index contributed by atoms with van der Waals surface area (Å²) in [5, 5.41) is 12.6. The van der Waals surface area contributed by atoms with E-state index in [0.717, 1.165) is 16.3 Å². The first kappa shape index (κ1) is 12.6. The Labute approximate surface area is 116 Å². The third kappa shape index (κ3) is 2.63. The highest BCUT2D eigenvalue weighted by molar-refractivity contribution is 5.83. The van der Waals surface area contributed by atoms with Gasteiger partial charge in [0.25, 0.3) is 0 Å². The SMILES string of the molecule is O=c1ccn(CC(O)c2ccc3ccccc3c2)cc1. The summed E-state index contributed by atoms with van der Waals surface area (Å²) in [5.41, 5.74) is 0.851. The van der Waals surface area contributed by atoms with Crippen LogP contribution < -0.4 is 5.43 Å². The van der Waals surface area contributed by atoms with Crippen LogP contribution in [-0.2, 0) is 6.54 Å². The minimum Gasteiger partial charge on any atom is -0.387 e. The summed E-state index contributed by atoms with van der Waals surface area (Å²) < 4.78 is 1.81. The van der Waals surface area contributed by atoms with Gasteiger partial charge in [-0.15, -0.1) is 0 Å². The van der Waals surface area contributed by atoms with Gasteiger partial charge in [0.2, 0.25) is 0 Å². The van der Waals surface area contributed by atoms with E-state index in [1.807, 2.05) is 42.5 Å². The molecule has 3 heteroatoms. The lowest BCUT2D eigenvalue weighted by Crippen LogP contribution is -2.10. The fourth-order valence-electron chi connectivity index (χ4n) is 2.29. The van der Waals surface area contributed by atoms with Crippen molar-refractivity contribution in [3.05, 3.63) is 82.8 Å². The largest absolute Gasteiger partial charge is 0.387 e. The highest BCUT2D eigenvalue weighted by Crippen LogP contribution is 2.21.